The molecule has 5 nitrogen and oxygen atoms in total. The fourth-order valence-corrected chi connectivity index (χ4v) is 4.12. The Balaban J connectivity index is 2.67. The molecule has 1 fully saturated rings. The molecule has 0 bridgehead atoms. The number of aromatic carboxylic acids is 1. The van der Waals surface area contributed by atoms with Crippen molar-refractivity contribution in [3.63, 3.8) is 0 Å². The number of carboxylic acid groups (broad SMARTS) is 1. The fraction of sp³-hybridized carbons (Fsp3) is 0.300. The van der Waals surface area contributed by atoms with Gasteiger partial charge in [-0.05, 0) is 18.6 Å². The van der Waals surface area contributed by atoms with Crippen molar-refractivity contribution in [1.29, 1.82) is 0 Å². The van der Waals surface area contributed by atoms with Crippen LogP contribution in [-0.4, -0.2) is 31.8 Å². The molecule has 1 aliphatic rings. The quantitative estimate of drug-likeness (QED) is 0.909. The molecule has 1 N–H and O–H groups in total. The largest absolute Gasteiger partial charge is 0.478 e. The number of benzene rings is 1. The molecule has 1 saturated heterocycles. The van der Waals surface area contributed by atoms with E-state index in [9.17, 15) is 13.2 Å². The summed E-state index contributed by atoms with van der Waals surface area (Å²) in [6.07, 6.45) is 0.445. The topological polar surface area (TPSA) is 74.7 Å². The summed E-state index contributed by atoms with van der Waals surface area (Å²) in [7, 11) is -3.49. The number of hydrogen-bond acceptors (Lipinski definition) is 3. The van der Waals surface area contributed by atoms with Gasteiger partial charge in [-0.3, -0.25) is 4.31 Å². The van der Waals surface area contributed by atoms with E-state index in [4.69, 9.17) is 28.3 Å². The van der Waals surface area contributed by atoms with Crippen LogP contribution < -0.4 is 4.31 Å². The highest BCUT2D eigenvalue weighted by Gasteiger charge is 2.33. The molecule has 0 unspecified atom stereocenters. The van der Waals surface area contributed by atoms with Gasteiger partial charge in [-0.15, -0.1) is 0 Å². The molecule has 0 radical (unpaired) electrons. The predicted molar refractivity (Wildman–Crippen MR) is 69.2 cm³/mol. The molecule has 0 aromatic heterocycles. The van der Waals surface area contributed by atoms with Crippen molar-refractivity contribution in [2.45, 2.75) is 6.42 Å². The van der Waals surface area contributed by atoms with Crippen molar-refractivity contribution in [2.75, 3.05) is 16.6 Å². The van der Waals surface area contributed by atoms with Crippen LogP contribution >= 0.6 is 23.2 Å². The Morgan fingerprint density at radius 3 is 2.50 bits per heavy atom. The highest BCUT2D eigenvalue weighted by Crippen LogP contribution is 2.36. The first-order valence-electron chi connectivity index (χ1n) is 5.05. The molecule has 0 aliphatic carbocycles. The zero-order valence-electron chi connectivity index (χ0n) is 9.06. The summed E-state index contributed by atoms with van der Waals surface area (Å²) in [5.41, 5.74) is -0.218. The second-order valence-corrected chi connectivity index (χ2v) is 6.69. The third-order valence-corrected chi connectivity index (χ3v) is 4.95. The Bertz CT molecular complexity index is 615. The Morgan fingerprint density at radius 2 is 2.00 bits per heavy atom. The minimum absolute atomic E-state index is 0.00827. The lowest BCUT2D eigenvalue weighted by atomic mass is 10.1. The van der Waals surface area contributed by atoms with Crippen molar-refractivity contribution >= 4 is 44.9 Å². The normalized spacial score (nSPS) is 18.0. The van der Waals surface area contributed by atoms with E-state index in [1.807, 2.05) is 0 Å². The number of carboxylic acids is 1. The van der Waals surface area contributed by atoms with Crippen molar-refractivity contribution in [3.8, 4) is 0 Å². The predicted octanol–water partition coefficient (Wildman–Crippen LogP) is 2.23. The number of anilines is 1. The molecule has 98 valence electrons. The maximum Gasteiger partial charge on any atom is 0.337 e. The maximum atomic E-state index is 11.8. The Kier molecular flexibility index (Phi) is 3.44. The van der Waals surface area contributed by atoms with Gasteiger partial charge in [-0.25, -0.2) is 13.2 Å². The molecule has 0 saturated carbocycles. The minimum atomic E-state index is -3.49. The van der Waals surface area contributed by atoms with E-state index in [1.54, 1.807) is 0 Å². The monoisotopic (exact) mass is 309 g/mol. The first-order chi connectivity index (χ1) is 8.33. The van der Waals surface area contributed by atoms with E-state index in [0.29, 0.717) is 6.42 Å². The average Bonchev–Trinajstić information content (AvgIpc) is 2.57. The summed E-state index contributed by atoms with van der Waals surface area (Å²) in [5.74, 6) is -1.28. The maximum absolute atomic E-state index is 11.8. The van der Waals surface area contributed by atoms with Gasteiger partial charge in [0.2, 0.25) is 10.0 Å². The van der Waals surface area contributed by atoms with Gasteiger partial charge in [-0.1, -0.05) is 23.2 Å². The van der Waals surface area contributed by atoms with E-state index in [1.165, 1.54) is 12.1 Å². The minimum Gasteiger partial charge on any atom is -0.478 e. The summed E-state index contributed by atoms with van der Waals surface area (Å²) in [4.78, 5) is 11.2. The van der Waals surface area contributed by atoms with Crippen LogP contribution in [0.1, 0.15) is 16.8 Å². The van der Waals surface area contributed by atoms with Gasteiger partial charge in [-0.2, -0.15) is 0 Å². The van der Waals surface area contributed by atoms with E-state index in [0.717, 1.165) is 4.31 Å². The molecule has 8 heteroatoms. The van der Waals surface area contributed by atoms with Gasteiger partial charge in [0.15, 0.2) is 0 Å². The van der Waals surface area contributed by atoms with Crippen LogP contribution in [0.5, 0.6) is 0 Å². The van der Waals surface area contributed by atoms with E-state index in [-0.39, 0.29) is 33.6 Å². The molecule has 0 spiro atoms. The fourth-order valence-electron chi connectivity index (χ4n) is 1.87. The van der Waals surface area contributed by atoms with Gasteiger partial charge in [0.05, 0.1) is 22.0 Å². The van der Waals surface area contributed by atoms with E-state index in [2.05, 4.69) is 0 Å². The molecule has 1 heterocycles. The SMILES string of the molecule is O=C(O)c1cc(Cl)cc(Cl)c1N1CCCS1(=O)=O. The number of sulfonamides is 1. The first-order valence-corrected chi connectivity index (χ1v) is 7.42. The molecule has 0 atom stereocenters. The van der Waals surface area contributed by atoms with Gasteiger partial charge in [0, 0.05) is 11.6 Å². The standard InChI is InChI=1S/C10H9Cl2NO4S/c11-6-4-7(10(14)15)9(8(12)5-6)13-2-1-3-18(13,16)17/h4-5H,1-3H2,(H,14,15). The van der Waals surface area contributed by atoms with Crippen LogP contribution in [0.3, 0.4) is 0 Å². The second-order valence-electron chi connectivity index (χ2n) is 3.83. The van der Waals surface area contributed by atoms with Crippen molar-refractivity contribution in [2.24, 2.45) is 0 Å². The number of rotatable bonds is 2. The second kappa shape index (κ2) is 4.60. The van der Waals surface area contributed by atoms with Gasteiger partial charge in [0.1, 0.15) is 0 Å². The van der Waals surface area contributed by atoms with Crippen molar-refractivity contribution in [1.82, 2.24) is 0 Å². The van der Waals surface area contributed by atoms with Crippen LogP contribution in [-0.2, 0) is 10.0 Å². The lowest BCUT2D eigenvalue weighted by Gasteiger charge is -2.20. The summed E-state index contributed by atoms with van der Waals surface area (Å²) in [6.45, 7) is 0.226. The molecular formula is C10H9Cl2NO4S. The van der Waals surface area contributed by atoms with E-state index >= 15 is 0 Å². The van der Waals surface area contributed by atoms with Crippen LogP contribution in [0, 0.1) is 0 Å². The van der Waals surface area contributed by atoms with Crippen LogP contribution in [0.2, 0.25) is 10.0 Å². The number of nitrogens with zero attached hydrogens (tertiary/aromatic N) is 1. The Morgan fingerprint density at radius 1 is 1.33 bits per heavy atom. The van der Waals surface area contributed by atoms with Crippen LogP contribution in [0.15, 0.2) is 12.1 Å². The number of halogens is 2. The van der Waals surface area contributed by atoms with Gasteiger partial charge in [0.25, 0.3) is 0 Å². The molecule has 1 aromatic carbocycles. The zero-order valence-corrected chi connectivity index (χ0v) is 11.4. The molecule has 18 heavy (non-hydrogen) atoms. The Labute approximate surface area is 114 Å². The van der Waals surface area contributed by atoms with Crippen LogP contribution in [0.4, 0.5) is 5.69 Å². The summed E-state index contributed by atoms with van der Waals surface area (Å²) in [5, 5.41) is 9.28. The molecule has 2 rings (SSSR count). The lowest BCUT2D eigenvalue weighted by molar-refractivity contribution is 0.0698. The molecule has 1 aromatic rings. The van der Waals surface area contributed by atoms with Crippen molar-refractivity contribution < 1.29 is 18.3 Å². The third-order valence-electron chi connectivity index (χ3n) is 2.61. The van der Waals surface area contributed by atoms with Crippen molar-refractivity contribution in [3.05, 3.63) is 27.7 Å². The highest BCUT2D eigenvalue weighted by molar-refractivity contribution is 7.93. The van der Waals surface area contributed by atoms with Gasteiger partial charge < -0.3 is 5.11 Å². The number of hydrogen-bond donors (Lipinski definition) is 1. The summed E-state index contributed by atoms with van der Waals surface area (Å²) < 4.78 is 24.7. The van der Waals surface area contributed by atoms with Gasteiger partial charge >= 0.3 is 5.97 Å². The zero-order chi connectivity index (χ0) is 13.5. The lowest BCUT2D eigenvalue weighted by Crippen LogP contribution is -2.27. The smallest absolute Gasteiger partial charge is 0.337 e. The average molecular weight is 310 g/mol. The molecule has 0 amide bonds. The third kappa shape index (κ3) is 2.28. The van der Waals surface area contributed by atoms with E-state index < -0.39 is 16.0 Å². The number of carbonyl (C=O) groups is 1. The first kappa shape index (κ1) is 13.5. The highest BCUT2D eigenvalue weighted by atomic mass is 35.5. The summed E-state index contributed by atoms with van der Waals surface area (Å²) >= 11 is 11.7. The summed E-state index contributed by atoms with van der Waals surface area (Å²) in [6, 6.07) is 2.53. The molecule has 1 aliphatic heterocycles. The van der Waals surface area contributed by atoms with Crippen LogP contribution in [0.25, 0.3) is 0 Å². The molecular weight excluding hydrogens is 301 g/mol. The Hall–Kier alpha value is -0.980.